The molecule has 0 fully saturated rings. The minimum atomic E-state index is -0.377. The molecule has 32 heavy (non-hydrogen) atoms. The van der Waals surface area contributed by atoms with Crippen LogP contribution in [0.3, 0.4) is 0 Å². The van der Waals surface area contributed by atoms with Gasteiger partial charge in [0.15, 0.2) is 0 Å². The van der Waals surface area contributed by atoms with E-state index in [4.69, 9.17) is 4.74 Å². The van der Waals surface area contributed by atoms with Gasteiger partial charge >= 0.3 is 0 Å². The summed E-state index contributed by atoms with van der Waals surface area (Å²) in [6, 6.07) is 20.7. The van der Waals surface area contributed by atoms with Crippen molar-refractivity contribution in [3.05, 3.63) is 102 Å². The maximum Gasteiger partial charge on any atom is 0.226 e. The Labute approximate surface area is 184 Å². The number of aryl methyl sites for hydroxylation is 1. The van der Waals surface area contributed by atoms with Crippen molar-refractivity contribution in [1.29, 1.82) is 0 Å². The maximum absolute atomic E-state index is 13.4. The molecule has 0 atom stereocenters. The van der Waals surface area contributed by atoms with Crippen LogP contribution in [0.2, 0.25) is 0 Å². The number of carbonyl (C=O) groups is 1. The van der Waals surface area contributed by atoms with Crippen LogP contribution in [-0.2, 0) is 11.2 Å². The molecule has 3 aromatic carbocycles. The quantitative estimate of drug-likeness (QED) is 0.399. The SMILES string of the molecule is Cc1nn(-c2ccc(F)cc2)c(Oc2ccc(F)cc2)c1CCC(=O)Nc1ccccc1. The Kier molecular flexibility index (Phi) is 6.26. The number of nitrogens with one attached hydrogen (secondary N) is 1. The van der Waals surface area contributed by atoms with Gasteiger partial charge in [0.2, 0.25) is 11.8 Å². The number of benzene rings is 3. The summed E-state index contributed by atoms with van der Waals surface area (Å²) in [5.74, 6) is -0.0643. The Morgan fingerprint density at radius 3 is 2.22 bits per heavy atom. The van der Waals surface area contributed by atoms with Crippen LogP contribution in [0.5, 0.6) is 11.6 Å². The standard InChI is InChI=1S/C25H21F2N3O2/c1-17-23(15-16-24(31)28-20-5-3-2-4-6-20)25(32-22-13-9-19(27)10-14-22)30(29-17)21-11-7-18(26)8-12-21/h2-14H,15-16H2,1H3,(H,28,31). The minimum absolute atomic E-state index is 0.141. The van der Waals surface area contributed by atoms with E-state index in [1.165, 1.54) is 36.4 Å². The van der Waals surface area contributed by atoms with Crippen LogP contribution >= 0.6 is 0 Å². The zero-order chi connectivity index (χ0) is 22.5. The van der Waals surface area contributed by atoms with Crippen molar-refractivity contribution in [2.75, 3.05) is 5.32 Å². The van der Waals surface area contributed by atoms with Crippen LogP contribution in [0.15, 0.2) is 78.9 Å². The highest BCUT2D eigenvalue weighted by Gasteiger charge is 2.20. The van der Waals surface area contributed by atoms with Gasteiger partial charge in [-0.3, -0.25) is 4.79 Å². The van der Waals surface area contributed by atoms with Gasteiger partial charge in [0.25, 0.3) is 0 Å². The second-order valence-electron chi connectivity index (χ2n) is 7.23. The normalized spacial score (nSPS) is 10.7. The molecule has 0 aliphatic heterocycles. The molecule has 0 aliphatic carbocycles. The van der Waals surface area contributed by atoms with Crippen molar-refractivity contribution in [2.45, 2.75) is 19.8 Å². The Morgan fingerprint density at radius 1 is 0.938 bits per heavy atom. The van der Waals surface area contributed by atoms with Gasteiger partial charge in [-0.15, -0.1) is 0 Å². The molecule has 0 radical (unpaired) electrons. The van der Waals surface area contributed by atoms with E-state index in [2.05, 4.69) is 10.4 Å². The molecule has 0 aliphatic rings. The number of aromatic nitrogens is 2. The van der Waals surface area contributed by atoms with Gasteiger partial charge in [-0.25, -0.2) is 13.5 Å². The smallest absolute Gasteiger partial charge is 0.226 e. The Balaban J connectivity index is 1.62. The number of halogens is 2. The molecule has 0 spiro atoms. The number of hydrogen-bond donors (Lipinski definition) is 1. The Hall–Kier alpha value is -4.00. The largest absolute Gasteiger partial charge is 0.439 e. The fourth-order valence-corrected chi connectivity index (χ4v) is 3.29. The van der Waals surface area contributed by atoms with Crippen LogP contribution in [0, 0.1) is 18.6 Å². The molecule has 162 valence electrons. The fraction of sp³-hybridized carbons (Fsp3) is 0.120. The Bertz CT molecular complexity index is 1200. The van der Waals surface area contributed by atoms with Gasteiger partial charge in [-0.1, -0.05) is 18.2 Å². The highest BCUT2D eigenvalue weighted by molar-refractivity contribution is 5.90. The molecule has 7 heteroatoms. The topological polar surface area (TPSA) is 56.2 Å². The van der Waals surface area contributed by atoms with E-state index in [1.807, 2.05) is 37.3 Å². The number of anilines is 1. The van der Waals surface area contributed by atoms with E-state index in [-0.39, 0.29) is 24.0 Å². The van der Waals surface area contributed by atoms with Crippen molar-refractivity contribution in [2.24, 2.45) is 0 Å². The summed E-state index contributed by atoms with van der Waals surface area (Å²) in [4.78, 5) is 12.5. The third-order valence-electron chi connectivity index (χ3n) is 4.90. The zero-order valence-corrected chi connectivity index (χ0v) is 17.4. The molecule has 4 rings (SSSR count). The number of carbonyl (C=O) groups excluding carboxylic acids is 1. The molecule has 0 saturated carbocycles. The fourth-order valence-electron chi connectivity index (χ4n) is 3.29. The predicted octanol–water partition coefficient (Wildman–Crippen LogP) is 5.82. The minimum Gasteiger partial charge on any atom is -0.439 e. The number of rotatable bonds is 7. The van der Waals surface area contributed by atoms with Crippen LogP contribution < -0.4 is 10.1 Å². The molecule has 1 N–H and O–H groups in total. The molecule has 0 unspecified atom stereocenters. The number of hydrogen-bond acceptors (Lipinski definition) is 3. The summed E-state index contributed by atoms with van der Waals surface area (Å²) in [6.45, 7) is 1.82. The highest BCUT2D eigenvalue weighted by atomic mass is 19.1. The number of ether oxygens (including phenoxy) is 1. The summed E-state index contributed by atoms with van der Waals surface area (Å²) in [5, 5.41) is 7.41. The van der Waals surface area contributed by atoms with E-state index in [9.17, 15) is 13.6 Å². The van der Waals surface area contributed by atoms with E-state index >= 15 is 0 Å². The second-order valence-corrected chi connectivity index (χ2v) is 7.23. The van der Waals surface area contributed by atoms with Crippen molar-refractivity contribution < 1.29 is 18.3 Å². The number of para-hydroxylation sites is 1. The van der Waals surface area contributed by atoms with Crippen molar-refractivity contribution in [1.82, 2.24) is 9.78 Å². The lowest BCUT2D eigenvalue weighted by Gasteiger charge is -2.12. The van der Waals surface area contributed by atoms with Crippen molar-refractivity contribution >= 4 is 11.6 Å². The summed E-state index contributed by atoms with van der Waals surface area (Å²) >= 11 is 0. The second kappa shape index (κ2) is 9.43. The number of nitrogens with zero attached hydrogens (tertiary/aromatic N) is 2. The number of amides is 1. The van der Waals surface area contributed by atoms with Gasteiger partial charge in [0, 0.05) is 17.7 Å². The average Bonchev–Trinajstić information content (AvgIpc) is 3.10. The third-order valence-corrected chi connectivity index (χ3v) is 4.90. The summed E-state index contributed by atoms with van der Waals surface area (Å²) in [5.41, 5.74) is 2.74. The lowest BCUT2D eigenvalue weighted by atomic mass is 10.1. The van der Waals surface area contributed by atoms with Crippen molar-refractivity contribution in [3.63, 3.8) is 0 Å². The molecule has 1 amide bonds. The molecular weight excluding hydrogens is 412 g/mol. The van der Waals surface area contributed by atoms with Crippen LogP contribution in [0.4, 0.5) is 14.5 Å². The van der Waals surface area contributed by atoms with Crippen LogP contribution in [0.25, 0.3) is 5.69 Å². The van der Waals surface area contributed by atoms with Gasteiger partial charge in [0.05, 0.1) is 11.4 Å². The first kappa shape index (κ1) is 21.2. The first-order valence-corrected chi connectivity index (χ1v) is 10.1. The molecular formula is C25H21F2N3O2. The predicted molar refractivity (Wildman–Crippen MR) is 118 cm³/mol. The van der Waals surface area contributed by atoms with E-state index in [0.29, 0.717) is 29.4 Å². The summed E-state index contributed by atoms with van der Waals surface area (Å²) in [7, 11) is 0. The summed E-state index contributed by atoms with van der Waals surface area (Å²) in [6.07, 6.45) is 0.590. The first-order chi connectivity index (χ1) is 15.5. The highest BCUT2D eigenvalue weighted by Crippen LogP contribution is 2.31. The monoisotopic (exact) mass is 433 g/mol. The van der Waals surface area contributed by atoms with E-state index in [1.54, 1.807) is 16.8 Å². The molecule has 4 aromatic rings. The van der Waals surface area contributed by atoms with Gasteiger partial charge < -0.3 is 10.1 Å². The van der Waals surface area contributed by atoms with Crippen molar-refractivity contribution in [3.8, 4) is 17.3 Å². The lowest BCUT2D eigenvalue weighted by Crippen LogP contribution is -2.12. The van der Waals surface area contributed by atoms with Gasteiger partial charge in [0.1, 0.15) is 17.4 Å². The molecule has 0 bridgehead atoms. The van der Waals surface area contributed by atoms with Crippen LogP contribution in [0.1, 0.15) is 17.7 Å². The van der Waals surface area contributed by atoms with E-state index < -0.39 is 0 Å². The first-order valence-electron chi connectivity index (χ1n) is 10.1. The summed E-state index contributed by atoms with van der Waals surface area (Å²) < 4.78 is 34.4. The zero-order valence-electron chi connectivity index (χ0n) is 17.4. The molecule has 5 nitrogen and oxygen atoms in total. The van der Waals surface area contributed by atoms with E-state index in [0.717, 1.165) is 11.3 Å². The van der Waals surface area contributed by atoms with Gasteiger partial charge in [-0.05, 0) is 74.0 Å². The maximum atomic E-state index is 13.4. The van der Waals surface area contributed by atoms with Gasteiger partial charge in [-0.2, -0.15) is 5.10 Å². The van der Waals surface area contributed by atoms with Crippen LogP contribution in [-0.4, -0.2) is 15.7 Å². The Morgan fingerprint density at radius 2 is 1.56 bits per heavy atom. The molecule has 1 heterocycles. The lowest BCUT2D eigenvalue weighted by molar-refractivity contribution is -0.116. The third kappa shape index (κ3) is 5.00. The molecule has 0 saturated heterocycles. The average molecular weight is 433 g/mol. The molecule has 1 aromatic heterocycles.